The first-order valence-corrected chi connectivity index (χ1v) is 9.37. The predicted octanol–water partition coefficient (Wildman–Crippen LogP) is 5.54. The molecule has 0 aromatic heterocycles. The van der Waals surface area contributed by atoms with E-state index in [2.05, 4.69) is 58.0 Å². The molecule has 2 heteroatoms. The van der Waals surface area contributed by atoms with Gasteiger partial charge >= 0.3 is 0 Å². The van der Waals surface area contributed by atoms with Gasteiger partial charge in [0.25, 0.3) is 0 Å². The highest BCUT2D eigenvalue weighted by atomic mass is 16.5. The zero-order valence-corrected chi connectivity index (χ0v) is 17.5. The first-order valence-electron chi connectivity index (χ1n) is 9.37. The summed E-state index contributed by atoms with van der Waals surface area (Å²) in [6.07, 6.45) is 7.79. The number of hydrogen-bond donors (Lipinski definition) is 2. The van der Waals surface area contributed by atoms with Crippen LogP contribution in [0.3, 0.4) is 0 Å². The van der Waals surface area contributed by atoms with Crippen LogP contribution in [-0.2, 0) is 5.41 Å². The third kappa shape index (κ3) is 4.55. The smallest absolute Gasteiger partial charge is 0.190 e. The molecule has 0 bridgehead atoms. The highest BCUT2D eigenvalue weighted by Gasteiger charge is 2.41. The third-order valence-corrected chi connectivity index (χ3v) is 5.21. The van der Waals surface area contributed by atoms with E-state index in [-0.39, 0.29) is 16.7 Å². The highest BCUT2D eigenvalue weighted by Crippen LogP contribution is 2.41. The summed E-state index contributed by atoms with van der Waals surface area (Å²) in [4.78, 5) is 0. The van der Waals surface area contributed by atoms with Crippen molar-refractivity contribution in [1.82, 2.24) is 0 Å². The molecular weight excluding hydrogens is 320 g/mol. The molecule has 1 aromatic carbocycles. The van der Waals surface area contributed by atoms with Gasteiger partial charge < -0.3 is 10.2 Å². The first kappa shape index (κ1) is 20.7. The lowest BCUT2D eigenvalue weighted by Crippen LogP contribution is -2.43. The van der Waals surface area contributed by atoms with E-state index >= 15 is 0 Å². The minimum atomic E-state index is -1.80. The van der Waals surface area contributed by atoms with Gasteiger partial charge in [-0.3, -0.25) is 0 Å². The van der Waals surface area contributed by atoms with Gasteiger partial charge in [-0.15, -0.1) is 0 Å². The second-order valence-electron chi connectivity index (χ2n) is 9.73. The largest absolute Gasteiger partial charge is 0.362 e. The van der Waals surface area contributed by atoms with Crippen molar-refractivity contribution in [3.63, 3.8) is 0 Å². The van der Waals surface area contributed by atoms with Crippen molar-refractivity contribution in [2.75, 3.05) is 0 Å². The molecule has 1 aliphatic rings. The zero-order chi connectivity index (χ0) is 19.9. The summed E-state index contributed by atoms with van der Waals surface area (Å²) in [7, 11) is 0. The number of aryl methyl sites for hydroxylation is 1. The van der Waals surface area contributed by atoms with Crippen molar-refractivity contribution in [3.8, 4) is 0 Å². The molecule has 0 radical (unpaired) electrons. The Kier molecular flexibility index (Phi) is 5.43. The molecule has 2 rings (SSSR count). The lowest BCUT2D eigenvalue weighted by atomic mass is 9.71. The van der Waals surface area contributed by atoms with Gasteiger partial charge in [0.15, 0.2) is 5.79 Å². The fourth-order valence-electron chi connectivity index (χ4n) is 3.47. The normalized spacial score (nSPS) is 20.9. The fourth-order valence-corrected chi connectivity index (χ4v) is 3.47. The van der Waals surface area contributed by atoms with E-state index in [0.717, 1.165) is 11.1 Å². The Hall–Kier alpha value is -1.64. The van der Waals surface area contributed by atoms with E-state index < -0.39 is 5.79 Å². The number of aliphatic hydroxyl groups is 2. The minimum absolute atomic E-state index is 0.112. The molecule has 1 aliphatic carbocycles. The summed E-state index contributed by atoms with van der Waals surface area (Å²) < 4.78 is 0. The number of rotatable bonds is 2. The van der Waals surface area contributed by atoms with Crippen LogP contribution in [0.25, 0.3) is 6.08 Å². The average Bonchev–Trinajstić information content (AvgIpc) is 2.44. The Labute approximate surface area is 159 Å². The Morgan fingerprint density at radius 3 is 2.12 bits per heavy atom. The molecule has 0 aliphatic heterocycles. The maximum atomic E-state index is 10.4. The molecule has 1 aromatic rings. The van der Waals surface area contributed by atoms with Gasteiger partial charge in [-0.2, -0.15) is 0 Å². The first-order chi connectivity index (χ1) is 11.7. The van der Waals surface area contributed by atoms with E-state index in [0.29, 0.717) is 0 Å². The predicted molar refractivity (Wildman–Crippen MR) is 111 cm³/mol. The summed E-state index contributed by atoms with van der Waals surface area (Å²) in [6, 6.07) is 6.61. The van der Waals surface area contributed by atoms with Gasteiger partial charge in [0, 0.05) is 5.92 Å². The van der Waals surface area contributed by atoms with Crippen LogP contribution in [0.5, 0.6) is 0 Å². The molecule has 0 fully saturated rings. The van der Waals surface area contributed by atoms with E-state index in [9.17, 15) is 10.2 Å². The second-order valence-corrected chi connectivity index (χ2v) is 9.73. The molecule has 2 N–H and O–H groups in total. The minimum Gasteiger partial charge on any atom is -0.362 e. The summed E-state index contributed by atoms with van der Waals surface area (Å²) in [5.41, 5.74) is 5.54. The fraction of sp³-hybridized carbons (Fsp3) is 0.500. The summed E-state index contributed by atoms with van der Waals surface area (Å²) in [6.45, 7) is 16.8. The van der Waals surface area contributed by atoms with Crippen molar-refractivity contribution >= 4 is 6.08 Å². The van der Waals surface area contributed by atoms with Gasteiger partial charge in [0.1, 0.15) is 0 Å². The van der Waals surface area contributed by atoms with Crippen LogP contribution >= 0.6 is 0 Å². The van der Waals surface area contributed by atoms with Crippen molar-refractivity contribution in [1.29, 1.82) is 0 Å². The van der Waals surface area contributed by atoms with E-state index in [4.69, 9.17) is 0 Å². The molecular formula is C24H34O2. The van der Waals surface area contributed by atoms with Crippen LogP contribution in [0, 0.1) is 18.3 Å². The number of allylic oxidation sites excluding steroid dienone is 3. The Bertz CT molecular complexity index is 762. The summed E-state index contributed by atoms with van der Waals surface area (Å²) in [5.74, 6) is -2.16. The van der Waals surface area contributed by atoms with E-state index in [1.807, 2.05) is 33.8 Å². The zero-order valence-electron chi connectivity index (χ0n) is 17.5. The molecule has 0 saturated heterocycles. The summed E-state index contributed by atoms with van der Waals surface area (Å²) >= 11 is 0. The van der Waals surface area contributed by atoms with Crippen molar-refractivity contribution in [2.24, 2.45) is 11.3 Å². The van der Waals surface area contributed by atoms with Crippen LogP contribution in [0.15, 0.2) is 47.6 Å². The van der Waals surface area contributed by atoms with Crippen LogP contribution in [0.2, 0.25) is 0 Å². The lowest BCUT2D eigenvalue weighted by Gasteiger charge is -2.39. The van der Waals surface area contributed by atoms with Crippen LogP contribution in [0.1, 0.15) is 65.2 Å². The molecule has 0 heterocycles. The maximum Gasteiger partial charge on any atom is 0.190 e. The molecule has 26 heavy (non-hydrogen) atoms. The van der Waals surface area contributed by atoms with Crippen LogP contribution in [-0.4, -0.2) is 16.0 Å². The van der Waals surface area contributed by atoms with E-state index in [1.165, 1.54) is 16.7 Å². The standard InChI is InChI=1S/C24H34O2/c1-16-9-12-20(22(3,4)5)13-18(16)10-11-19-14-21(23(6,7)8)24(25,26)15-17(19)2/h9-15,21,25-26H,1-8H3. The average molecular weight is 355 g/mol. The van der Waals surface area contributed by atoms with Crippen LogP contribution < -0.4 is 0 Å². The van der Waals surface area contributed by atoms with Gasteiger partial charge in [0.2, 0.25) is 0 Å². The highest BCUT2D eigenvalue weighted by molar-refractivity contribution is 5.61. The monoisotopic (exact) mass is 354 g/mol. The van der Waals surface area contributed by atoms with Gasteiger partial charge in [-0.1, -0.05) is 78.0 Å². The lowest BCUT2D eigenvalue weighted by molar-refractivity contribution is -0.171. The van der Waals surface area contributed by atoms with Crippen molar-refractivity contribution in [2.45, 2.75) is 66.6 Å². The van der Waals surface area contributed by atoms with Crippen molar-refractivity contribution < 1.29 is 10.2 Å². The molecule has 142 valence electrons. The molecule has 0 spiro atoms. The summed E-state index contributed by atoms with van der Waals surface area (Å²) in [5, 5.41) is 20.8. The third-order valence-electron chi connectivity index (χ3n) is 5.21. The Morgan fingerprint density at radius 2 is 1.58 bits per heavy atom. The quantitative estimate of drug-likeness (QED) is 0.685. The van der Waals surface area contributed by atoms with Gasteiger partial charge in [-0.25, -0.2) is 0 Å². The number of hydrogen-bond acceptors (Lipinski definition) is 2. The second kappa shape index (κ2) is 6.83. The van der Waals surface area contributed by atoms with E-state index in [1.54, 1.807) is 6.08 Å². The molecule has 1 atom stereocenters. The molecule has 0 saturated carbocycles. The Morgan fingerprint density at radius 1 is 0.962 bits per heavy atom. The molecule has 1 unspecified atom stereocenters. The topological polar surface area (TPSA) is 40.5 Å². The SMILES string of the molecule is CC1=CC(O)(O)C(C(C)(C)C)C=C1C=Cc1cc(C(C)(C)C)ccc1C. The number of benzene rings is 1. The maximum absolute atomic E-state index is 10.4. The van der Waals surface area contributed by atoms with Crippen molar-refractivity contribution in [3.05, 3.63) is 64.3 Å². The van der Waals surface area contributed by atoms with Crippen LogP contribution in [0.4, 0.5) is 0 Å². The Balaban J connectivity index is 2.41. The van der Waals surface area contributed by atoms with Gasteiger partial charge in [0.05, 0.1) is 0 Å². The van der Waals surface area contributed by atoms with Gasteiger partial charge in [-0.05, 0) is 58.6 Å². The molecule has 2 nitrogen and oxygen atoms in total. The molecule has 0 amide bonds.